The van der Waals surface area contributed by atoms with Crippen molar-refractivity contribution in [2.75, 3.05) is 32.1 Å². The lowest BCUT2D eigenvalue weighted by Crippen LogP contribution is -2.45. The number of ether oxygens (including phenoxy) is 1. The lowest BCUT2D eigenvalue weighted by Gasteiger charge is -2.32. The molecule has 0 bridgehead atoms. The molecule has 3 nitrogen and oxygen atoms in total. The van der Waals surface area contributed by atoms with Gasteiger partial charge in [-0.3, -0.25) is 4.90 Å². The van der Waals surface area contributed by atoms with E-state index in [9.17, 15) is 0 Å². The second kappa shape index (κ2) is 3.89. The average molecular weight is 246 g/mol. The molecule has 0 aromatic heterocycles. The first kappa shape index (κ1) is 11.8. The molecule has 1 fully saturated rings. The molecular formula is C15H22N2O. The summed E-state index contributed by atoms with van der Waals surface area (Å²) in [6.07, 6.45) is 1.71. The van der Waals surface area contributed by atoms with E-state index in [1.165, 1.54) is 24.2 Å². The first-order valence-corrected chi connectivity index (χ1v) is 6.78. The lowest BCUT2D eigenvalue weighted by atomic mass is 9.81. The van der Waals surface area contributed by atoms with Crippen molar-refractivity contribution in [1.82, 2.24) is 4.90 Å². The minimum absolute atomic E-state index is 0.242. The highest BCUT2D eigenvalue weighted by atomic mass is 16.5. The maximum absolute atomic E-state index is 5.65. The van der Waals surface area contributed by atoms with Gasteiger partial charge in [-0.25, -0.2) is 0 Å². The quantitative estimate of drug-likeness (QED) is 0.797. The first-order valence-electron chi connectivity index (χ1n) is 6.78. The Morgan fingerprint density at radius 2 is 2.17 bits per heavy atom. The van der Waals surface area contributed by atoms with Crippen LogP contribution in [0.25, 0.3) is 0 Å². The van der Waals surface area contributed by atoms with E-state index in [2.05, 4.69) is 49.0 Å². The molecule has 0 N–H and O–H groups in total. The maximum Gasteiger partial charge on any atom is 0.119 e. The fourth-order valence-corrected chi connectivity index (χ4v) is 3.81. The summed E-state index contributed by atoms with van der Waals surface area (Å²) in [6, 6.07) is 6.54. The minimum Gasteiger partial charge on any atom is -0.494 e. The molecule has 2 atom stereocenters. The van der Waals surface area contributed by atoms with E-state index in [4.69, 9.17) is 4.74 Å². The monoisotopic (exact) mass is 246 g/mol. The smallest absolute Gasteiger partial charge is 0.119 e. The van der Waals surface area contributed by atoms with E-state index in [0.29, 0.717) is 6.17 Å². The summed E-state index contributed by atoms with van der Waals surface area (Å²) in [5.41, 5.74) is 3.05. The van der Waals surface area contributed by atoms with Gasteiger partial charge < -0.3 is 9.64 Å². The average Bonchev–Trinajstić information content (AvgIpc) is 2.76. The van der Waals surface area contributed by atoms with Crippen molar-refractivity contribution >= 4 is 5.69 Å². The Labute approximate surface area is 109 Å². The molecule has 0 radical (unpaired) electrons. The Bertz CT molecular complexity index is 474. The van der Waals surface area contributed by atoms with Crippen LogP contribution in [0.1, 0.15) is 25.8 Å². The maximum atomic E-state index is 5.65. The number of benzene rings is 1. The van der Waals surface area contributed by atoms with Crippen molar-refractivity contribution in [3.8, 4) is 5.75 Å². The third kappa shape index (κ3) is 1.40. The fraction of sp³-hybridized carbons (Fsp3) is 0.600. The third-order valence-electron chi connectivity index (χ3n) is 4.61. The number of likely N-dealkylation sites (tertiary alicyclic amines) is 1. The third-order valence-corrected chi connectivity index (χ3v) is 4.61. The molecule has 1 aromatic rings. The molecule has 2 aliphatic heterocycles. The van der Waals surface area contributed by atoms with E-state index in [0.717, 1.165) is 12.4 Å². The molecule has 0 saturated carbocycles. The van der Waals surface area contributed by atoms with Gasteiger partial charge in [0.1, 0.15) is 5.75 Å². The summed E-state index contributed by atoms with van der Waals surface area (Å²) in [6.45, 7) is 6.32. The Hall–Kier alpha value is -1.22. The van der Waals surface area contributed by atoms with Gasteiger partial charge >= 0.3 is 0 Å². The number of hydrogen-bond donors (Lipinski definition) is 0. The van der Waals surface area contributed by atoms with Crippen LogP contribution >= 0.6 is 0 Å². The molecule has 2 heterocycles. The molecule has 1 saturated heterocycles. The van der Waals surface area contributed by atoms with Crippen LogP contribution in [0.3, 0.4) is 0 Å². The van der Waals surface area contributed by atoms with Crippen LogP contribution in [-0.4, -0.2) is 38.3 Å². The number of nitrogens with zero attached hydrogens (tertiary/aromatic N) is 2. The van der Waals surface area contributed by atoms with Crippen molar-refractivity contribution in [2.45, 2.75) is 31.8 Å². The van der Waals surface area contributed by atoms with Crippen molar-refractivity contribution in [3.05, 3.63) is 23.8 Å². The van der Waals surface area contributed by atoms with Gasteiger partial charge in [0.15, 0.2) is 0 Å². The first-order chi connectivity index (χ1) is 8.58. The van der Waals surface area contributed by atoms with Crippen molar-refractivity contribution < 1.29 is 4.74 Å². The van der Waals surface area contributed by atoms with E-state index >= 15 is 0 Å². The zero-order valence-electron chi connectivity index (χ0n) is 11.7. The predicted molar refractivity (Wildman–Crippen MR) is 74.4 cm³/mol. The second-order valence-corrected chi connectivity index (χ2v) is 5.74. The molecule has 18 heavy (non-hydrogen) atoms. The van der Waals surface area contributed by atoms with E-state index < -0.39 is 0 Å². The van der Waals surface area contributed by atoms with Gasteiger partial charge in [0.05, 0.1) is 12.8 Å². The van der Waals surface area contributed by atoms with Gasteiger partial charge in [-0.2, -0.15) is 0 Å². The van der Waals surface area contributed by atoms with Crippen LogP contribution in [0.4, 0.5) is 5.69 Å². The van der Waals surface area contributed by atoms with Crippen LogP contribution in [0.2, 0.25) is 0 Å². The van der Waals surface area contributed by atoms with Gasteiger partial charge in [0.25, 0.3) is 0 Å². The number of fused-ring (bicyclic) bond motifs is 3. The number of hydrogen-bond acceptors (Lipinski definition) is 3. The molecule has 3 rings (SSSR count). The van der Waals surface area contributed by atoms with Crippen LogP contribution in [0, 0.1) is 0 Å². The summed E-state index contributed by atoms with van der Waals surface area (Å²) < 4.78 is 5.65. The van der Waals surface area contributed by atoms with Crippen molar-refractivity contribution in [3.63, 3.8) is 0 Å². The zero-order chi connectivity index (χ0) is 12.9. The fourth-order valence-electron chi connectivity index (χ4n) is 3.81. The van der Waals surface area contributed by atoms with Crippen molar-refractivity contribution in [2.24, 2.45) is 0 Å². The van der Waals surface area contributed by atoms with Crippen LogP contribution in [0.5, 0.6) is 5.75 Å². The number of rotatable bonds is 2. The molecule has 0 amide bonds. The highest BCUT2D eigenvalue weighted by Crippen LogP contribution is 2.51. The van der Waals surface area contributed by atoms with Gasteiger partial charge in [0, 0.05) is 24.7 Å². The Kier molecular flexibility index (Phi) is 2.56. The molecule has 2 unspecified atom stereocenters. The standard InChI is InChI=1S/C15H22N2O/c1-5-18-11-6-7-13-12(10-11)15(2)8-9-16(3)14(15)17(13)4/h6-7,10,14H,5,8-9H2,1-4H3. The molecule has 3 heteroatoms. The topological polar surface area (TPSA) is 15.7 Å². The summed E-state index contributed by atoms with van der Waals surface area (Å²) in [5, 5.41) is 0. The normalized spacial score (nSPS) is 30.4. The molecular weight excluding hydrogens is 224 g/mol. The van der Waals surface area contributed by atoms with Gasteiger partial charge in [-0.15, -0.1) is 0 Å². The van der Waals surface area contributed by atoms with Gasteiger partial charge in [-0.05, 0) is 44.2 Å². The highest BCUT2D eigenvalue weighted by Gasteiger charge is 2.52. The summed E-state index contributed by atoms with van der Waals surface area (Å²) >= 11 is 0. The number of likely N-dealkylation sites (N-methyl/N-ethyl adjacent to an activating group) is 2. The summed E-state index contributed by atoms with van der Waals surface area (Å²) in [7, 11) is 4.43. The molecule has 0 aliphatic carbocycles. The summed E-state index contributed by atoms with van der Waals surface area (Å²) in [4.78, 5) is 4.87. The Balaban J connectivity index is 2.08. The van der Waals surface area contributed by atoms with Crippen LogP contribution < -0.4 is 9.64 Å². The Morgan fingerprint density at radius 3 is 2.89 bits per heavy atom. The van der Waals surface area contributed by atoms with E-state index in [-0.39, 0.29) is 5.41 Å². The van der Waals surface area contributed by atoms with Crippen molar-refractivity contribution in [1.29, 1.82) is 0 Å². The molecule has 98 valence electrons. The largest absolute Gasteiger partial charge is 0.494 e. The lowest BCUT2D eigenvalue weighted by molar-refractivity contribution is 0.268. The van der Waals surface area contributed by atoms with Gasteiger partial charge in [0.2, 0.25) is 0 Å². The molecule has 1 aromatic carbocycles. The minimum atomic E-state index is 0.242. The second-order valence-electron chi connectivity index (χ2n) is 5.74. The van der Waals surface area contributed by atoms with E-state index in [1.807, 2.05) is 6.92 Å². The van der Waals surface area contributed by atoms with Crippen LogP contribution in [-0.2, 0) is 5.41 Å². The van der Waals surface area contributed by atoms with Crippen LogP contribution in [0.15, 0.2) is 18.2 Å². The Morgan fingerprint density at radius 1 is 1.39 bits per heavy atom. The van der Waals surface area contributed by atoms with Gasteiger partial charge in [-0.1, -0.05) is 6.92 Å². The zero-order valence-corrected chi connectivity index (χ0v) is 11.7. The number of anilines is 1. The summed E-state index contributed by atoms with van der Waals surface area (Å²) in [5.74, 6) is 1.00. The highest BCUT2D eigenvalue weighted by molar-refractivity contribution is 5.66. The molecule has 0 spiro atoms. The molecule has 2 aliphatic rings. The van der Waals surface area contributed by atoms with E-state index in [1.54, 1.807) is 0 Å². The SMILES string of the molecule is CCOc1ccc2c(c1)C1(C)CCN(C)C1N2C. The predicted octanol–water partition coefficient (Wildman–Crippen LogP) is 2.45.